The highest BCUT2D eigenvalue weighted by Crippen LogP contribution is 2.24. The highest BCUT2D eigenvalue weighted by molar-refractivity contribution is 6.36. The van der Waals surface area contributed by atoms with Crippen LogP contribution in [-0.2, 0) is 15.0 Å². The van der Waals surface area contributed by atoms with E-state index in [-0.39, 0.29) is 0 Å². The number of ketones is 1. The largest absolute Gasteiger partial charge is 0.475 e. The van der Waals surface area contributed by atoms with E-state index in [0.29, 0.717) is 5.56 Å². The van der Waals surface area contributed by atoms with E-state index in [4.69, 9.17) is 5.11 Å². The Morgan fingerprint density at radius 3 is 2.07 bits per heavy atom. The van der Waals surface area contributed by atoms with E-state index in [1.807, 2.05) is 0 Å². The van der Waals surface area contributed by atoms with Crippen LogP contribution in [0.15, 0.2) is 24.3 Å². The van der Waals surface area contributed by atoms with Gasteiger partial charge in [0.1, 0.15) is 5.82 Å². The number of aliphatic carboxylic acids is 1. The van der Waals surface area contributed by atoms with Crippen molar-refractivity contribution in [2.75, 3.05) is 0 Å². The van der Waals surface area contributed by atoms with Gasteiger partial charge in [-0.1, -0.05) is 12.1 Å². The number of hydrogen-bond donors (Lipinski definition) is 1. The molecule has 15 heavy (non-hydrogen) atoms. The van der Waals surface area contributed by atoms with E-state index < -0.39 is 23.0 Å². The van der Waals surface area contributed by atoms with Crippen molar-refractivity contribution in [1.29, 1.82) is 0 Å². The number of Topliss-reactive ketones (excluding diaryl/α,β-unsaturated/α-hetero) is 1. The Hall–Kier alpha value is -1.71. The van der Waals surface area contributed by atoms with Crippen molar-refractivity contribution in [2.45, 2.75) is 19.3 Å². The van der Waals surface area contributed by atoms with E-state index in [0.717, 1.165) is 0 Å². The number of benzene rings is 1. The molecule has 1 N–H and O–H groups in total. The molecule has 0 saturated heterocycles. The zero-order valence-corrected chi connectivity index (χ0v) is 8.45. The lowest BCUT2D eigenvalue weighted by Crippen LogP contribution is -2.34. The predicted molar refractivity (Wildman–Crippen MR) is 52.1 cm³/mol. The van der Waals surface area contributed by atoms with E-state index in [1.54, 1.807) is 0 Å². The number of carboxylic acids is 1. The highest BCUT2D eigenvalue weighted by Gasteiger charge is 2.34. The van der Waals surface area contributed by atoms with Crippen LogP contribution in [0.4, 0.5) is 4.39 Å². The van der Waals surface area contributed by atoms with E-state index in [1.165, 1.54) is 38.1 Å². The molecule has 0 aliphatic heterocycles. The van der Waals surface area contributed by atoms with Crippen molar-refractivity contribution in [3.05, 3.63) is 35.6 Å². The molecule has 80 valence electrons. The third-order valence-electron chi connectivity index (χ3n) is 2.33. The van der Waals surface area contributed by atoms with Crippen molar-refractivity contribution < 1.29 is 19.1 Å². The number of carbonyl (C=O) groups is 2. The van der Waals surface area contributed by atoms with Crippen LogP contribution >= 0.6 is 0 Å². The first-order valence-electron chi connectivity index (χ1n) is 4.39. The fourth-order valence-corrected chi connectivity index (χ4v) is 1.26. The average molecular weight is 210 g/mol. The zero-order valence-electron chi connectivity index (χ0n) is 8.45. The van der Waals surface area contributed by atoms with Gasteiger partial charge in [-0.25, -0.2) is 9.18 Å². The van der Waals surface area contributed by atoms with Gasteiger partial charge in [-0.05, 0) is 31.5 Å². The van der Waals surface area contributed by atoms with Gasteiger partial charge in [-0.3, -0.25) is 4.79 Å². The minimum atomic E-state index is -1.48. The van der Waals surface area contributed by atoms with Crippen molar-refractivity contribution in [3.8, 4) is 0 Å². The molecule has 0 fully saturated rings. The van der Waals surface area contributed by atoms with Gasteiger partial charge in [0.05, 0.1) is 5.41 Å². The second kappa shape index (κ2) is 3.81. The molecule has 3 nitrogen and oxygen atoms in total. The summed E-state index contributed by atoms with van der Waals surface area (Å²) >= 11 is 0. The monoisotopic (exact) mass is 210 g/mol. The SMILES string of the molecule is CC(C)(C(=O)C(=O)O)c1ccc(F)cc1. The molecule has 0 unspecified atom stereocenters. The number of rotatable bonds is 3. The van der Waals surface area contributed by atoms with Gasteiger partial charge < -0.3 is 5.11 Å². The standard InChI is InChI=1S/C11H11FO3/c1-11(2,9(13)10(14)15)7-3-5-8(12)6-4-7/h3-6H,1-2H3,(H,14,15). The lowest BCUT2D eigenvalue weighted by atomic mass is 9.80. The van der Waals surface area contributed by atoms with E-state index in [2.05, 4.69) is 0 Å². The summed E-state index contributed by atoms with van der Waals surface area (Å²) < 4.78 is 12.6. The summed E-state index contributed by atoms with van der Waals surface area (Å²) in [6, 6.07) is 5.23. The number of carbonyl (C=O) groups excluding carboxylic acids is 1. The van der Waals surface area contributed by atoms with E-state index >= 15 is 0 Å². The Balaban J connectivity index is 3.10. The minimum absolute atomic E-state index is 0.419. The molecular weight excluding hydrogens is 199 g/mol. The fourth-order valence-electron chi connectivity index (χ4n) is 1.26. The zero-order chi connectivity index (χ0) is 11.6. The van der Waals surface area contributed by atoms with Crippen LogP contribution < -0.4 is 0 Å². The Bertz CT molecular complexity index is 393. The van der Waals surface area contributed by atoms with Gasteiger partial charge in [0.2, 0.25) is 5.78 Å². The maximum Gasteiger partial charge on any atom is 0.373 e. The molecular formula is C11H11FO3. The molecule has 4 heteroatoms. The van der Waals surface area contributed by atoms with Gasteiger partial charge in [0.15, 0.2) is 0 Å². The molecule has 0 aliphatic carbocycles. The summed E-state index contributed by atoms with van der Waals surface area (Å²) in [6.07, 6.45) is 0. The number of halogens is 1. The van der Waals surface area contributed by atoms with Crippen LogP contribution in [0.25, 0.3) is 0 Å². The summed E-state index contributed by atoms with van der Waals surface area (Å²) in [5.74, 6) is -2.81. The normalized spacial score (nSPS) is 11.1. The van der Waals surface area contributed by atoms with Crippen LogP contribution in [0.2, 0.25) is 0 Å². The van der Waals surface area contributed by atoms with Crippen LogP contribution in [-0.4, -0.2) is 16.9 Å². The van der Waals surface area contributed by atoms with Gasteiger partial charge in [0.25, 0.3) is 0 Å². The lowest BCUT2D eigenvalue weighted by molar-refractivity contribution is -0.151. The first-order chi connectivity index (χ1) is 6.85. The fraction of sp³-hybridized carbons (Fsp3) is 0.273. The van der Waals surface area contributed by atoms with Crippen LogP contribution in [0.1, 0.15) is 19.4 Å². The van der Waals surface area contributed by atoms with Crippen molar-refractivity contribution in [2.24, 2.45) is 0 Å². The summed E-state index contributed by atoms with van der Waals surface area (Å²) in [7, 11) is 0. The highest BCUT2D eigenvalue weighted by atomic mass is 19.1. The van der Waals surface area contributed by atoms with Gasteiger partial charge in [0, 0.05) is 0 Å². The maximum absolute atomic E-state index is 12.6. The average Bonchev–Trinajstić information content (AvgIpc) is 2.17. The Labute approximate surface area is 86.5 Å². The molecule has 1 aromatic rings. The summed E-state index contributed by atoms with van der Waals surface area (Å²) in [5.41, 5.74) is -0.657. The molecule has 0 spiro atoms. The Kier molecular flexibility index (Phi) is 2.88. The van der Waals surface area contributed by atoms with Gasteiger partial charge in [-0.2, -0.15) is 0 Å². The number of carboxylic acid groups (broad SMARTS) is 1. The van der Waals surface area contributed by atoms with Gasteiger partial charge >= 0.3 is 5.97 Å². The first kappa shape index (κ1) is 11.4. The smallest absolute Gasteiger partial charge is 0.373 e. The molecule has 0 aliphatic rings. The van der Waals surface area contributed by atoms with Crippen LogP contribution in [0.3, 0.4) is 0 Å². The Morgan fingerprint density at radius 1 is 1.20 bits per heavy atom. The molecule has 0 atom stereocenters. The molecule has 1 rings (SSSR count). The summed E-state index contributed by atoms with van der Waals surface area (Å²) in [6.45, 7) is 2.99. The second-order valence-electron chi connectivity index (χ2n) is 3.77. The molecule has 0 heterocycles. The molecule has 0 aromatic heterocycles. The lowest BCUT2D eigenvalue weighted by Gasteiger charge is -2.20. The summed E-state index contributed by atoms with van der Waals surface area (Å²) in [5, 5.41) is 8.61. The summed E-state index contributed by atoms with van der Waals surface area (Å²) in [4.78, 5) is 21.9. The van der Waals surface area contributed by atoms with Crippen molar-refractivity contribution in [1.82, 2.24) is 0 Å². The minimum Gasteiger partial charge on any atom is -0.475 e. The molecule has 0 radical (unpaired) electrons. The second-order valence-corrected chi connectivity index (χ2v) is 3.77. The van der Waals surface area contributed by atoms with Crippen LogP contribution in [0, 0.1) is 5.82 Å². The third kappa shape index (κ3) is 2.21. The van der Waals surface area contributed by atoms with Crippen molar-refractivity contribution in [3.63, 3.8) is 0 Å². The third-order valence-corrected chi connectivity index (χ3v) is 2.33. The maximum atomic E-state index is 12.6. The predicted octanol–water partition coefficient (Wildman–Crippen LogP) is 1.76. The molecule has 0 amide bonds. The van der Waals surface area contributed by atoms with E-state index in [9.17, 15) is 14.0 Å². The van der Waals surface area contributed by atoms with Crippen molar-refractivity contribution >= 4 is 11.8 Å². The van der Waals surface area contributed by atoms with Crippen LogP contribution in [0.5, 0.6) is 0 Å². The molecule has 0 saturated carbocycles. The molecule has 0 bridgehead atoms. The Morgan fingerprint density at radius 2 is 1.67 bits per heavy atom. The topological polar surface area (TPSA) is 54.4 Å². The number of hydrogen-bond acceptors (Lipinski definition) is 2. The molecule has 1 aromatic carbocycles. The van der Waals surface area contributed by atoms with Gasteiger partial charge in [-0.15, -0.1) is 0 Å². The first-order valence-corrected chi connectivity index (χ1v) is 4.39. The quantitative estimate of drug-likeness (QED) is 0.773.